The summed E-state index contributed by atoms with van der Waals surface area (Å²) in [6.45, 7) is 3.27. The first kappa shape index (κ1) is 9.92. The molecule has 1 rings (SSSR count). The van der Waals surface area contributed by atoms with Crippen LogP contribution in [0.5, 0.6) is 0 Å². The molecule has 1 saturated heterocycles. The average Bonchev–Trinajstić information content (AvgIpc) is 2.09. The molecule has 1 heterocycles. The maximum Gasteiger partial charge on any atom is 0.0704 e. The summed E-state index contributed by atoms with van der Waals surface area (Å²) < 4.78 is 10.5. The zero-order valence-electron chi connectivity index (χ0n) is 7.66. The molecule has 0 aromatic rings. The summed E-state index contributed by atoms with van der Waals surface area (Å²) in [7, 11) is 1.69. The summed E-state index contributed by atoms with van der Waals surface area (Å²) in [4.78, 5) is 0. The van der Waals surface area contributed by atoms with Gasteiger partial charge in [-0.05, 0) is 12.8 Å². The lowest BCUT2D eigenvalue weighted by molar-refractivity contribution is -0.0147. The summed E-state index contributed by atoms with van der Waals surface area (Å²) in [5, 5.41) is 1.84. The van der Waals surface area contributed by atoms with Crippen LogP contribution in [0.25, 0.3) is 0 Å². The Kier molecular flexibility index (Phi) is 4.53. The Morgan fingerprint density at radius 2 is 2.00 bits per heavy atom. The first-order valence-corrected chi connectivity index (χ1v) is 4.43. The van der Waals surface area contributed by atoms with E-state index in [9.17, 15) is 0 Å². The lowest BCUT2D eigenvalue weighted by Gasteiger charge is -2.28. The van der Waals surface area contributed by atoms with Crippen LogP contribution in [0.15, 0.2) is 0 Å². The Morgan fingerprint density at radius 3 is 2.58 bits per heavy atom. The van der Waals surface area contributed by atoms with Crippen molar-refractivity contribution in [1.29, 1.82) is 0 Å². The summed E-state index contributed by atoms with van der Waals surface area (Å²) in [5.74, 6) is 5.60. The van der Waals surface area contributed by atoms with Crippen molar-refractivity contribution in [3.63, 3.8) is 0 Å². The molecule has 0 aromatic carbocycles. The van der Waals surface area contributed by atoms with Crippen LogP contribution in [0, 0.1) is 0 Å². The van der Waals surface area contributed by atoms with Crippen molar-refractivity contribution in [3.8, 4) is 0 Å². The Hall–Kier alpha value is -0.160. The monoisotopic (exact) mass is 174 g/mol. The summed E-state index contributed by atoms with van der Waals surface area (Å²) in [6, 6.07) is 0. The van der Waals surface area contributed by atoms with Gasteiger partial charge in [0, 0.05) is 20.2 Å². The van der Waals surface area contributed by atoms with E-state index in [2.05, 4.69) is 0 Å². The molecule has 0 aliphatic carbocycles. The van der Waals surface area contributed by atoms with Gasteiger partial charge in [-0.15, -0.1) is 0 Å². The molecule has 0 saturated carbocycles. The predicted molar refractivity (Wildman–Crippen MR) is 46.6 cm³/mol. The van der Waals surface area contributed by atoms with Gasteiger partial charge in [-0.1, -0.05) is 0 Å². The van der Waals surface area contributed by atoms with Gasteiger partial charge in [0.25, 0.3) is 0 Å². The fraction of sp³-hybridized carbons (Fsp3) is 1.00. The minimum atomic E-state index is 0.389. The van der Waals surface area contributed by atoms with Gasteiger partial charge in [-0.3, -0.25) is 5.84 Å². The zero-order chi connectivity index (χ0) is 8.81. The number of hydrogen-bond acceptors (Lipinski definition) is 4. The van der Waals surface area contributed by atoms with Gasteiger partial charge < -0.3 is 9.47 Å². The Morgan fingerprint density at radius 1 is 1.33 bits per heavy atom. The van der Waals surface area contributed by atoms with Crippen LogP contribution in [0.3, 0.4) is 0 Å². The first-order chi connectivity index (χ1) is 5.83. The fourth-order valence-electron chi connectivity index (χ4n) is 1.34. The predicted octanol–water partition coefficient (Wildman–Crippen LogP) is -0.0125. The van der Waals surface area contributed by atoms with Crippen molar-refractivity contribution in [2.75, 3.05) is 33.4 Å². The van der Waals surface area contributed by atoms with Crippen molar-refractivity contribution < 1.29 is 9.47 Å². The van der Waals surface area contributed by atoms with Gasteiger partial charge in [0.2, 0.25) is 0 Å². The maximum absolute atomic E-state index is 5.60. The summed E-state index contributed by atoms with van der Waals surface area (Å²) in [6.07, 6.45) is 2.47. The van der Waals surface area contributed by atoms with Crippen LogP contribution in [-0.4, -0.2) is 44.5 Å². The second-order valence-electron chi connectivity index (χ2n) is 3.10. The Labute approximate surface area is 73.6 Å². The maximum atomic E-state index is 5.60. The topological polar surface area (TPSA) is 47.7 Å². The second-order valence-corrected chi connectivity index (χ2v) is 3.10. The molecule has 1 fully saturated rings. The SMILES string of the molecule is COCCOC1CCN(N)CC1. The van der Waals surface area contributed by atoms with E-state index in [1.54, 1.807) is 7.11 Å². The van der Waals surface area contributed by atoms with Crippen molar-refractivity contribution >= 4 is 0 Å². The molecular formula is C8H18N2O2. The molecule has 0 radical (unpaired) electrons. The Bertz CT molecular complexity index is 114. The lowest BCUT2D eigenvalue weighted by atomic mass is 10.1. The van der Waals surface area contributed by atoms with Gasteiger partial charge >= 0.3 is 0 Å². The molecule has 12 heavy (non-hydrogen) atoms. The highest BCUT2D eigenvalue weighted by Gasteiger charge is 2.16. The number of rotatable bonds is 4. The van der Waals surface area contributed by atoms with E-state index in [1.165, 1.54) is 0 Å². The largest absolute Gasteiger partial charge is 0.382 e. The van der Waals surface area contributed by atoms with Gasteiger partial charge in [0.05, 0.1) is 19.3 Å². The molecule has 72 valence electrons. The van der Waals surface area contributed by atoms with Crippen LogP contribution in [0.4, 0.5) is 0 Å². The lowest BCUT2D eigenvalue weighted by Crippen LogP contribution is -2.41. The number of nitrogens with zero attached hydrogens (tertiary/aromatic N) is 1. The molecule has 0 bridgehead atoms. The van der Waals surface area contributed by atoms with Crippen molar-refractivity contribution in [2.24, 2.45) is 5.84 Å². The minimum absolute atomic E-state index is 0.389. The molecule has 0 amide bonds. The van der Waals surface area contributed by atoms with E-state index in [0.717, 1.165) is 25.9 Å². The molecule has 2 N–H and O–H groups in total. The number of nitrogens with two attached hydrogens (primary N) is 1. The third kappa shape index (κ3) is 3.49. The fourth-order valence-corrected chi connectivity index (χ4v) is 1.34. The van der Waals surface area contributed by atoms with Crippen molar-refractivity contribution in [2.45, 2.75) is 18.9 Å². The van der Waals surface area contributed by atoms with E-state index in [4.69, 9.17) is 15.3 Å². The molecule has 1 aliphatic heterocycles. The Balaban J connectivity index is 2.01. The van der Waals surface area contributed by atoms with Gasteiger partial charge in [0.15, 0.2) is 0 Å². The van der Waals surface area contributed by atoms with Crippen molar-refractivity contribution in [1.82, 2.24) is 5.01 Å². The van der Waals surface area contributed by atoms with E-state index >= 15 is 0 Å². The average molecular weight is 174 g/mol. The van der Waals surface area contributed by atoms with Crippen LogP contribution < -0.4 is 5.84 Å². The molecule has 0 spiro atoms. The van der Waals surface area contributed by atoms with E-state index in [-0.39, 0.29) is 0 Å². The minimum Gasteiger partial charge on any atom is -0.382 e. The molecular weight excluding hydrogens is 156 g/mol. The standard InChI is InChI=1S/C8H18N2O2/c1-11-6-7-12-8-2-4-10(9)5-3-8/h8H,2-7,9H2,1H3. The van der Waals surface area contributed by atoms with E-state index in [0.29, 0.717) is 19.3 Å². The third-order valence-corrected chi connectivity index (χ3v) is 2.12. The molecule has 1 aliphatic rings. The number of ether oxygens (including phenoxy) is 2. The number of hydrogen-bond donors (Lipinski definition) is 1. The molecule has 4 heteroatoms. The van der Waals surface area contributed by atoms with E-state index < -0.39 is 0 Å². The normalized spacial score (nSPS) is 21.5. The highest BCUT2D eigenvalue weighted by atomic mass is 16.5. The molecule has 0 unspecified atom stereocenters. The number of piperidine rings is 1. The second kappa shape index (κ2) is 5.48. The van der Waals surface area contributed by atoms with Crippen molar-refractivity contribution in [3.05, 3.63) is 0 Å². The zero-order valence-corrected chi connectivity index (χ0v) is 7.66. The third-order valence-electron chi connectivity index (χ3n) is 2.12. The van der Waals surface area contributed by atoms with Crippen LogP contribution >= 0.6 is 0 Å². The van der Waals surface area contributed by atoms with Gasteiger partial charge in [-0.2, -0.15) is 0 Å². The smallest absolute Gasteiger partial charge is 0.0704 e. The molecule has 0 atom stereocenters. The quantitative estimate of drug-likeness (QED) is 0.481. The van der Waals surface area contributed by atoms with Gasteiger partial charge in [-0.25, -0.2) is 5.01 Å². The summed E-state index contributed by atoms with van der Waals surface area (Å²) in [5.41, 5.74) is 0. The van der Waals surface area contributed by atoms with Crippen LogP contribution in [0.2, 0.25) is 0 Å². The van der Waals surface area contributed by atoms with E-state index in [1.807, 2.05) is 5.01 Å². The highest BCUT2D eigenvalue weighted by Crippen LogP contribution is 2.10. The van der Waals surface area contributed by atoms with Crippen LogP contribution in [-0.2, 0) is 9.47 Å². The molecule has 0 aromatic heterocycles. The highest BCUT2D eigenvalue weighted by molar-refractivity contribution is 4.68. The molecule has 4 nitrogen and oxygen atoms in total. The van der Waals surface area contributed by atoms with Gasteiger partial charge in [0.1, 0.15) is 0 Å². The number of methoxy groups -OCH3 is 1. The number of hydrazine groups is 1. The van der Waals surface area contributed by atoms with Crippen LogP contribution in [0.1, 0.15) is 12.8 Å². The summed E-state index contributed by atoms with van der Waals surface area (Å²) >= 11 is 0. The first-order valence-electron chi connectivity index (χ1n) is 4.43.